The molecular formula is C15H22BrNO2. The Kier molecular flexibility index (Phi) is 6.92. The van der Waals surface area contributed by atoms with Crippen LogP contribution in [0.1, 0.15) is 38.7 Å². The van der Waals surface area contributed by atoms with Crippen LogP contribution in [0.3, 0.4) is 0 Å². The van der Waals surface area contributed by atoms with E-state index >= 15 is 0 Å². The quantitative estimate of drug-likeness (QED) is 0.778. The van der Waals surface area contributed by atoms with Gasteiger partial charge in [-0.2, -0.15) is 0 Å². The number of alkyl halides is 1. The molecule has 1 unspecified atom stereocenters. The van der Waals surface area contributed by atoms with Gasteiger partial charge in [-0.1, -0.05) is 48.0 Å². The Labute approximate surface area is 123 Å². The third-order valence-electron chi connectivity index (χ3n) is 2.78. The van der Waals surface area contributed by atoms with E-state index in [9.17, 15) is 4.79 Å². The number of halogens is 1. The maximum Gasteiger partial charge on any atom is 0.220 e. The molecule has 1 rings (SSSR count). The Hall–Kier alpha value is -1.03. The van der Waals surface area contributed by atoms with Crippen molar-refractivity contribution >= 4 is 21.8 Å². The monoisotopic (exact) mass is 327 g/mol. The van der Waals surface area contributed by atoms with E-state index in [1.54, 1.807) is 0 Å². The Morgan fingerprint density at radius 1 is 1.32 bits per heavy atom. The molecule has 0 bridgehead atoms. The summed E-state index contributed by atoms with van der Waals surface area (Å²) < 4.78 is 5.91. The number of benzene rings is 1. The van der Waals surface area contributed by atoms with Crippen LogP contribution >= 0.6 is 15.9 Å². The molecule has 0 aliphatic carbocycles. The van der Waals surface area contributed by atoms with Crippen molar-refractivity contribution in [2.45, 2.75) is 39.2 Å². The summed E-state index contributed by atoms with van der Waals surface area (Å²) in [5.41, 5.74) is 1.20. The summed E-state index contributed by atoms with van der Waals surface area (Å²) in [4.78, 5) is 11.4. The molecule has 0 aliphatic heterocycles. The van der Waals surface area contributed by atoms with Gasteiger partial charge in [-0.05, 0) is 24.5 Å². The molecule has 19 heavy (non-hydrogen) atoms. The van der Waals surface area contributed by atoms with Crippen molar-refractivity contribution < 1.29 is 9.53 Å². The van der Waals surface area contributed by atoms with Crippen LogP contribution in [0.15, 0.2) is 24.3 Å². The van der Waals surface area contributed by atoms with Crippen LogP contribution in [0, 0.1) is 0 Å². The summed E-state index contributed by atoms with van der Waals surface area (Å²) >= 11 is 3.24. The zero-order chi connectivity index (χ0) is 14.3. The van der Waals surface area contributed by atoms with Crippen molar-refractivity contribution in [3.8, 4) is 5.75 Å². The molecule has 0 saturated carbocycles. The Morgan fingerprint density at radius 3 is 2.63 bits per heavy atom. The van der Waals surface area contributed by atoms with E-state index < -0.39 is 0 Å². The lowest BCUT2D eigenvalue weighted by Gasteiger charge is -2.19. The molecule has 0 saturated heterocycles. The second-order valence-electron chi connectivity index (χ2n) is 4.86. The summed E-state index contributed by atoms with van der Waals surface area (Å²) in [6.45, 7) is 6.78. The largest absolute Gasteiger partial charge is 0.489 e. The number of nitrogens with one attached hydrogen (secondary N) is 1. The molecule has 4 heteroatoms. The maximum absolute atomic E-state index is 11.4. The van der Waals surface area contributed by atoms with Crippen molar-refractivity contribution in [2.75, 3.05) is 11.9 Å². The Bertz CT molecular complexity index is 407. The molecule has 0 heterocycles. The fraction of sp³-hybridized carbons (Fsp3) is 0.533. The molecule has 0 aliphatic rings. The van der Waals surface area contributed by atoms with E-state index in [0.717, 1.165) is 5.75 Å². The summed E-state index contributed by atoms with van der Waals surface area (Å²) in [5.74, 6) is 1.37. The van der Waals surface area contributed by atoms with Crippen molar-refractivity contribution in [3.05, 3.63) is 29.8 Å². The third-order valence-corrected chi connectivity index (χ3v) is 3.17. The molecule has 0 fully saturated rings. The van der Waals surface area contributed by atoms with Gasteiger partial charge in [-0.25, -0.2) is 0 Å². The standard InChI is InChI=1S/C15H22BrNO2/c1-11(2)13-6-4-5-7-14(13)19-12(3)10-17-15(18)8-9-16/h4-7,11-12H,8-10H2,1-3H3,(H,17,18). The van der Waals surface area contributed by atoms with Gasteiger partial charge in [-0.15, -0.1) is 0 Å². The number of hydrogen-bond acceptors (Lipinski definition) is 2. The SMILES string of the molecule is CC(CNC(=O)CCBr)Oc1ccccc1C(C)C. The lowest BCUT2D eigenvalue weighted by molar-refractivity contribution is -0.121. The average molecular weight is 328 g/mol. The number of carbonyl (C=O) groups excluding carboxylic acids is 1. The van der Waals surface area contributed by atoms with Crippen LogP contribution < -0.4 is 10.1 Å². The topological polar surface area (TPSA) is 38.3 Å². The van der Waals surface area contributed by atoms with E-state index in [-0.39, 0.29) is 12.0 Å². The highest BCUT2D eigenvalue weighted by atomic mass is 79.9. The highest BCUT2D eigenvalue weighted by molar-refractivity contribution is 9.09. The molecule has 1 amide bonds. The van der Waals surface area contributed by atoms with Crippen molar-refractivity contribution in [2.24, 2.45) is 0 Å². The van der Waals surface area contributed by atoms with Gasteiger partial charge in [0, 0.05) is 11.8 Å². The molecule has 106 valence electrons. The molecule has 0 aromatic heterocycles. The third kappa shape index (κ3) is 5.64. The summed E-state index contributed by atoms with van der Waals surface area (Å²) in [6, 6.07) is 8.05. The normalized spacial score (nSPS) is 12.3. The number of amides is 1. The lowest BCUT2D eigenvalue weighted by atomic mass is 10.0. The van der Waals surface area contributed by atoms with E-state index in [0.29, 0.717) is 24.2 Å². The molecule has 1 aromatic rings. The first-order chi connectivity index (χ1) is 9.04. The van der Waals surface area contributed by atoms with Crippen LogP contribution in [0.25, 0.3) is 0 Å². The van der Waals surface area contributed by atoms with E-state index in [1.807, 2.05) is 25.1 Å². The van der Waals surface area contributed by atoms with Gasteiger partial charge in [0.1, 0.15) is 11.9 Å². The highest BCUT2D eigenvalue weighted by Gasteiger charge is 2.11. The van der Waals surface area contributed by atoms with Gasteiger partial charge >= 0.3 is 0 Å². The van der Waals surface area contributed by atoms with Crippen molar-refractivity contribution in [1.82, 2.24) is 5.32 Å². The van der Waals surface area contributed by atoms with Gasteiger partial charge in [0.2, 0.25) is 5.91 Å². The van der Waals surface area contributed by atoms with Gasteiger partial charge in [0.25, 0.3) is 0 Å². The molecule has 1 atom stereocenters. The molecular weight excluding hydrogens is 306 g/mol. The average Bonchev–Trinajstić information content (AvgIpc) is 2.37. The van der Waals surface area contributed by atoms with Crippen LogP contribution in [-0.2, 0) is 4.79 Å². The summed E-state index contributed by atoms with van der Waals surface area (Å²) in [6.07, 6.45) is 0.453. The van der Waals surface area contributed by atoms with E-state index in [4.69, 9.17) is 4.74 Å². The predicted molar refractivity (Wildman–Crippen MR) is 82.0 cm³/mol. The fourth-order valence-electron chi connectivity index (χ4n) is 1.76. The molecule has 3 nitrogen and oxygen atoms in total. The number of carbonyl (C=O) groups is 1. The first-order valence-electron chi connectivity index (χ1n) is 6.62. The van der Waals surface area contributed by atoms with Crippen LogP contribution in [0.4, 0.5) is 0 Å². The smallest absolute Gasteiger partial charge is 0.220 e. The maximum atomic E-state index is 11.4. The first kappa shape index (κ1) is 16.0. The van der Waals surface area contributed by atoms with E-state index in [2.05, 4.69) is 41.2 Å². The second kappa shape index (κ2) is 8.20. The van der Waals surface area contributed by atoms with Gasteiger partial charge in [-0.3, -0.25) is 4.79 Å². The first-order valence-corrected chi connectivity index (χ1v) is 7.75. The van der Waals surface area contributed by atoms with Gasteiger partial charge in [0.05, 0.1) is 6.54 Å². The lowest BCUT2D eigenvalue weighted by Crippen LogP contribution is -2.33. The summed E-state index contributed by atoms with van der Waals surface area (Å²) in [7, 11) is 0. The van der Waals surface area contributed by atoms with Crippen molar-refractivity contribution in [1.29, 1.82) is 0 Å². The predicted octanol–water partition coefficient (Wildman–Crippen LogP) is 3.48. The molecule has 0 spiro atoms. The number of rotatable bonds is 7. The van der Waals surface area contributed by atoms with Crippen LogP contribution in [0.2, 0.25) is 0 Å². The van der Waals surface area contributed by atoms with Gasteiger partial charge in [0.15, 0.2) is 0 Å². The molecule has 0 radical (unpaired) electrons. The fourth-order valence-corrected chi connectivity index (χ4v) is 2.12. The minimum Gasteiger partial charge on any atom is -0.489 e. The highest BCUT2D eigenvalue weighted by Crippen LogP contribution is 2.26. The summed E-state index contributed by atoms with van der Waals surface area (Å²) in [5, 5.41) is 3.54. The zero-order valence-corrected chi connectivity index (χ0v) is 13.4. The van der Waals surface area contributed by atoms with E-state index in [1.165, 1.54) is 5.56 Å². The number of para-hydroxylation sites is 1. The number of hydrogen-bond donors (Lipinski definition) is 1. The van der Waals surface area contributed by atoms with Crippen LogP contribution in [0.5, 0.6) is 5.75 Å². The van der Waals surface area contributed by atoms with Crippen molar-refractivity contribution in [3.63, 3.8) is 0 Å². The Balaban J connectivity index is 2.52. The zero-order valence-electron chi connectivity index (χ0n) is 11.8. The second-order valence-corrected chi connectivity index (χ2v) is 5.66. The van der Waals surface area contributed by atoms with Crippen LogP contribution in [-0.4, -0.2) is 23.9 Å². The molecule has 1 aromatic carbocycles. The Morgan fingerprint density at radius 2 is 2.00 bits per heavy atom. The number of ether oxygens (including phenoxy) is 1. The molecule has 1 N–H and O–H groups in total. The minimum atomic E-state index is -0.0424. The van der Waals surface area contributed by atoms with Gasteiger partial charge < -0.3 is 10.1 Å². The minimum absolute atomic E-state index is 0.0424.